The summed E-state index contributed by atoms with van der Waals surface area (Å²) in [5, 5.41) is 3.12. The molecule has 84 valence electrons. The van der Waals surface area contributed by atoms with Crippen molar-refractivity contribution in [1.29, 1.82) is 0 Å². The lowest BCUT2D eigenvalue weighted by molar-refractivity contribution is 0.535. The van der Waals surface area contributed by atoms with Gasteiger partial charge in [0.15, 0.2) is 5.96 Å². The lowest BCUT2D eigenvalue weighted by Gasteiger charge is -2.06. The van der Waals surface area contributed by atoms with Gasteiger partial charge in [0.1, 0.15) is 0 Å². The number of unbranched alkanes of at least 4 members (excludes halogenated alkanes) is 1. The van der Waals surface area contributed by atoms with E-state index < -0.39 is 0 Å². The number of nitrogens with two attached hydrogens (primary N) is 1. The maximum absolute atomic E-state index is 5.64. The Hall–Kier alpha value is -0.730. The Balaban J connectivity index is 3.27. The summed E-state index contributed by atoms with van der Waals surface area (Å²) in [5.41, 5.74) is 5.64. The molecule has 0 aliphatic rings. The zero-order valence-electron chi connectivity index (χ0n) is 9.84. The van der Waals surface area contributed by atoms with Gasteiger partial charge in [-0.3, -0.25) is 4.99 Å². The van der Waals surface area contributed by atoms with E-state index in [1.807, 2.05) is 0 Å². The second-order valence-electron chi connectivity index (χ2n) is 4.08. The number of nitrogens with zero attached hydrogens (tertiary/aromatic N) is 1. The second kappa shape index (κ2) is 8.85. The van der Waals surface area contributed by atoms with Crippen molar-refractivity contribution in [2.75, 3.05) is 13.1 Å². The van der Waals surface area contributed by atoms with Crippen molar-refractivity contribution < 1.29 is 0 Å². The van der Waals surface area contributed by atoms with Gasteiger partial charge in [-0.1, -0.05) is 33.6 Å². The third-order valence-electron chi connectivity index (χ3n) is 2.02. The predicted octanol–water partition coefficient (Wildman–Crippen LogP) is 2.13. The SMILES string of the molecule is CCCN=C(N)NCCCCC(C)C. The van der Waals surface area contributed by atoms with Crippen molar-refractivity contribution in [3.8, 4) is 0 Å². The molecule has 3 heteroatoms. The first-order valence-electron chi connectivity index (χ1n) is 5.70. The van der Waals surface area contributed by atoms with Crippen LogP contribution >= 0.6 is 0 Å². The highest BCUT2D eigenvalue weighted by Crippen LogP contribution is 2.04. The molecule has 0 heterocycles. The Morgan fingerprint density at radius 3 is 2.64 bits per heavy atom. The molecule has 0 saturated heterocycles. The highest BCUT2D eigenvalue weighted by atomic mass is 15.1. The first-order valence-corrected chi connectivity index (χ1v) is 5.70. The maximum atomic E-state index is 5.64. The molecule has 0 aromatic carbocycles. The Bertz CT molecular complexity index is 153. The van der Waals surface area contributed by atoms with Gasteiger partial charge >= 0.3 is 0 Å². The molecule has 0 radical (unpaired) electrons. The summed E-state index contributed by atoms with van der Waals surface area (Å²) in [6.45, 7) is 8.38. The lowest BCUT2D eigenvalue weighted by atomic mass is 10.1. The van der Waals surface area contributed by atoms with Gasteiger partial charge in [-0.2, -0.15) is 0 Å². The number of hydrogen-bond donors (Lipinski definition) is 2. The Morgan fingerprint density at radius 2 is 2.07 bits per heavy atom. The zero-order chi connectivity index (χ0) is 10.8. The molecule has 0 atom stereocenters. The average Bonchev–Trinajstić information content (AvgIpc) is 2.13. The highest BCUT2D eigenvalue weighted by Gasteiger charge is 1.94. The normalized spacial score (nSPS) is 12.1. The van der Waals surface area contributed by atoms with Crippen molar-refractivity contribution in [1.82, 2.24) is 5.32 Å². The van der Waals surface area contributed by atoms with Crippen LogP contribution < -0.4 is 11.1 Å². The van der Waals surface area contributed by atoms with Crippen LogP contribution in [0.4, 0.5) is 0 Å². The molecule has 0 unspecified atom stereocenters. The third-order valence-corrected chi connectivity index (χ3v) is 2.02. The minimum atomic E-state index is 0.594. The van der Waals surface area contributed by atoms with E-state index in [0.717, 1.165) is 25.4 Å². The minimum Gasteiger partial charge on any atom is -0.370 e. The van der Waals surface area contributed by atoms with Gasteiger partial charge in [0.25, 0.3) is 0 Å². The molecule has 0 aromatic heterocycles. The summed E-state index contributed by atoms with van der Waals surface area (Å²) in [5.74, 6) is 1.40. The molecule has 0 rings (SSSR count). The van der Waals surface area contributed by atoms with Crippen molar-refractivity contribution in [2.24, 2.45) is 16.6 Å². The van der Waals surface area contributed by atoms with Crippen LogP contribution in [0.2, 0.25) is 0 Å². The van der Waals surface area contributed by atoms with Gasteiger partial charge in [0, 0.05) is 13.1 Å². The van der Waals surface area contributed by atoms with Crippen LogP contribution in [-0.2, 0) is 0 Å². The molecule has 0 saturated carbocycles. The molecule has 0 aromatic rings. The monoisotopic (exact) mass is 199 g/mol. The maximum Gasteiger partial charge on any atom is 0.188 e. The fourth-order valence-electron chi connectivity index (χ4n) is 1.18. The molecule has 3 N–H and O–H groups in total. The van der Waals surface area contributed by atoms with Crippen LogP contribution in [0.15, 0.2) is 4.99 Å². The van der Waals surface area contributed by atoms with Crippen LogP contribution in [0.3, 0.4) is 0 Å². The van der Waals surface area contributed by atoms with Crippen LogP contribution in [0.25, 0.3) is 0 Å². The van der Waals surface area contributed by atoms with Crippen LogP contribution in [-0.4, -0.2) is 19.0 Å². The fourth-order valence-corrected chi connectivity index (χ4v) is 1.18. The topological polar surface area (TPSA) is 50.4 Å². The van der Waals surface area contributed by atoms with Gasteiger partial charge in [0.05, 0.1) is 0 Å². The highest BCUT2D eigenvalue weighted by molar-refractivity contribution is 5.77. The van der Waals surface area contributed by atoms with Crippen molar-refractivity contribution >= 4 is 5.96 Å². The first-order chi connectivity index (χ1) is 6.66. The molecule has 0 aliphatic heterocycles. The first kappa shape index (κ1) is 13.3. The van der Waals surface area contributed by atoms with E-state index in [4.69, 9.17) is 5.73 Å². The largest absolute Gasteiger partial charge is 0.370 e. The van der Waals surface area contributed by atoms with Crippen molar-refractivity contribution in [2.45, 2.75) is 46.5 Å². The molecule has 0 spiro atoms. The molecule has 0 amide bonds. The van der Waals surface area contributed by atoms with E-state index in [1.54, 1.807) is 0 Å². The van der Waals surface area contributed by atoms with E-state index in [0.29, 0.717) is 5.96 Å². The van der Waals surface area contributed by atoms with Crippen molar-refractivity contribution in [3.05, 3.63) is 0 Å². The van der Waals surface area contributed by atoms with Crippen LogP contribution in [0.1, 0.15) is 46.5 Å². The van der Waals surface area contributed by atoms with Gasteiger partial charge < -0.3 is 11.1 Å². The van der Waals surface area contributed by atoms with Gasteiger partial charge in [-0.25, -0.2) is 0 Å². The van der Waals surface area contributed by atoms with E-state index in [-0.39, 0.29) is 0 Å². The van der Waals surface area contributed by atoms with Gasteiger partial charge in [-0.05, 0) is 18.8 Å². The van der Waals surface area contributed by atoms with Crippen LogP contribution in [0.5, 0.6) is 0 Å². The molecule has 14 heavy (non-hydrogen) atoms. The van der Waals surface area contributed by atoms with E-state index in [1.165, 1.54) is 19.3 Å². The molecular weight excluding hydrogens is 174 g/mol. The Labute approximate surface area is 88.2 Å². The summed E-state index contributed by atoms with van der Waals surface area (Å²) in [6.07, 6.45) is 4.80. The summed E-state index contributed by atoms with van der Waals surface area (Å²) in [7, 11) is 0. The van der Waals surface area contributed by atoms with E-state index >= 15 is 0 Å². The predicted molar refractivity (Wildman–Crippen MR) is 63.5 cm³/mol. The van der Waals surface area contributed by atoms with E-state index in [2.05, 4.69) is 31.1 Å². The zero-order valence-corrected chi connectivity index (χ0v) is 9.84. The molecule has 0 bridgehead atoms. The summed E-state index contributed by atoms with van der Waals surface area (Å²) in [4.78, 5) is 4.16. The number of aliphatic imine (C=N–C) groups is 1. The number of guanidine groups is 1. The number of rotatable bonds is 7. The molecular formula is C11H25N3. The third kappa shape index (κ3) is 9.36. The van der Waals surface area contributed by atoms with E-state index in [9.17, 15) is 0 Å². The Morgan fingerprint density at radius 1 is 1.36 bits per heavy atom. The average molecular weight is 199 g/mol. The minimum absolute atomic E-state index is 0.594. The summed E-state index contributed by atoms with van der Waals surface area (Å²) < 4.78 is 0. The number of hydrogen-bond acceptors (Lipinski definition) is 1. The molecule has 0 aliphatic carbocycles. The summed E-state index contributed by atoms with van der Waals surface area (Å²) >= 11 is 0. The lowest BCUT2D eigenvalue weighted by Crippen LogP contribution is -2.32. The van der Waals surface area contributed by atoms with Gasteiger partial charge in [-0.15, -0.1) is 0 Å². The summed E-state index contributed by atoms with van der Waals surface area (Å²) in [6, 6.07) is 0. The quantitative estimate of drug-likeness (QED) is 0.375. The van der Waals surface area contributed by atoms with Crippen LogP contribution in [0, 0.1) is 5.92 Å². The Kier molecular flexibility index (Phi) is 8.39. The van der Waals surface area contributed by atoms with Crippen molar-refractivity contribution in [3.63, 3.8) is 0 Å². The smallest absolute Gasteiger partial charge is 0.188 e. The van der Waals surface area contributed by atoms with Gasteiger partial charge in [0.2, 0.25) is 0 Å². The standard InChI is InChI=1S/C11H25N3/c1-4-8-13-11(12)14-9-6-5-7-10(2)3/h10H,4-9H2,1-3H3,(H3,12,13,14). The number of nitrogens with one attached hydrogen (secondary N) is 1. The molecule has 0 fully saturated rings. The molecule has 3 nitrogen and oxygen atoms in total. The fraction of sp³-hybridized carbons (Fsp3) is 0.909. The second-order valence-corrected chi connectivity index (χ2v) is 4.08.